The molecule has 0 aliphatic heterocycles. The van der Waals surface area contributed by atoms with Crippen molar-refractivity contribution < 1.29 is 9.90 Å². The molecular formula is C16H13BrN2O2. The van der Waals surface area contributed by atoms with E-state index >= 15 is 0 Å². The number of aromatic hydroxyl groups is 1. The van der Waals surface area contributed by atoms with Gasteiger partial charge >= 0.3 is 0 Å². The van der Waals surface area contributed by atoms with E-state index in [0.29, 0.717) is 12.1 Å². The minimum Gasteiger partial charge on any atom is -0.507 e. The van der Waals surface area contributed by atoms with Crippen LogP contribution in [0.2, 0.25) is 0 Å². The molecule has 0 bridgehead atoms. The molecule has 0 spiro atoms. The Kier molecular flexibility index (Phi) is 4.61. The van der Waals surface area contributed by atoms with Gasteiger partial charge in [0.15, 0.2) is 0 Å². The number of benzene rings is 2. The molecule has 0 aromatic heterocycles. The second kappa shape index (κ2) is 6.42. The van der Waals surface area contributed by atoms with Crippen molar-refractivity contribution in [3.05, 3.63) is 63.6 Å². The predicted molar refractivity (Wildman–Crippen MR) is 82.8 cm³/mol. The van der Waals surface area contributed by atoms with Crippen molar-refractivity contribution in [1.82, 2.24) is 4.90 Å². The number of halogens is 1. The first-order chi connectivity index (χ1) is 10.0. The van der Waals surface area contributed by atoms with Crippen LogP contribution in [0.3, 0.4) is 0 Å². The highest BCUT2D eigenvalue weighted by Gasteiger charge is 2.16. The van der Waals surface area contributed by atoms with E-state index in [4.69, 9.17) is 5.26 Å². The van der Waals surface area contributed by atoms with Crippen molar-refractivity contribution in [2.24, 2.45) is 0 Å². The van der Waals surface area contributed by atoms with Gasteiger partial charge in [-0.25, -0.2) is 0 Å². The quantitative estimate of drug-likeness (QED) is 0.928. The fourth-order valence-electron chi connectivity index (χ4n) is 1.97. The zero-order valence-electron chi connectivity index (χ0n) is 11.4. The maximum atomic E-state index is 12.4. The smallest absolute Gasteiger partial charge is 0.257 e. The molecular weight excluding hydrogens is 332 g/mol. The molecule has 0 saturated carbocycles. The molecule has 1 N–H and O–H groups in total. The summed E-state index contributed by atoms with van der Waals surface area (Å²) in [6.07, 6.45) is 0. The van der Waals surface area contributed by atoms with E-state index < -0.39 is 0 Å². The first kappa shape index (κ1) is 15.1. The fraction of sp³-hybridized carbons (Fsp3) is 0.125. The van der Waals surface area contributed by atoms with Gasteiger partial charge in [0.25, 0.3) is 5.91 Å². The molecule has 0 atom stereocenters. The minimum atomic E-state index is -0.281. The van der Waals surface area contributed by atoms with Gasteiger partial charge in [0, 0.05) is 18.1 Å². The Labute approximate surface area is 131 Å². The molecule has 0 unspecified atom stereocenters. The minimum absolute atomic E-state index is 0.0548. The van der Waals surface area contributed by atoms with Gasteiger partial charge < -0.3 is 10.0 Å². The van der Waals surface area contributed by atoms with Gasteiger partial charge in [-0.15, -0.1) is 0 Å². The number of nitriles is 1. The number of phenols is 1. The lowest BCUT2D eigenvalue weighted by Gasteiger charge is -2.18. The van der Waals surface area contributed by atoms with Crippen LogP contribution < -0.4 is 0 Å². The van der Waals surface area contributed by atoms with Crippen LogP contribution in [0.1, 0.15) is 21.5 Å². The predicted octanol–water partition coefficient (Wildman–Crippen LogP) is 3.30. The van der Waals surface area contributed by atoms with Crippen LogP contribution in [0.25, 0.3) is 0 Å². The molecule has 5 heteroatoms. The Bertz CT molecular complexity index is 722. The van der Waals surface area contributed by atoms with E-state index in [1.54, 1.807) is 37.4 Å². The molecule has 0 aliphatic carbocycles. The monoisotopic (exact) mass is 344 g/mol. The van der Waals surface area contributed by atoms with Crippen molar-refractivity contribution in [2.45, 2.75) is 6.54 Å². The van der Waals surface area contributed by atoms with Crippen LogP contribution in [-0.2, 0) is 6.54 Å². The highest BCUT2D eigenvalue weighted by molar-refractivity contribution is 9.10. The lowest BCUT2D eigenvalue weighted by atomic mass is 10.1. The highest BCUT2D eigenvalue weighted by atomic mass is 79.9. The van der Waals surface area contributed by atoms with Crippen LogP contribution in [0.4, 0.5) is 0 Å². The Hall–Kier alpha value is -2.32. The standard InChI is InChI=1S/C16H13BrN2O2/c1-19(10-12-4-2-3-11(7-12)9-18)16(21)14-8-13(17)5-6-15(14)20/h2-8,20H,10H2,1H3. The SMILES string of the molecule is CN(Cc1cccc(C#N)c1)C(=O)c1cc(Br)ccc1O. The Morgan fingerprint density at radius 1 is 1.33 bits per heavy atom. The average molecular weight is 345 g/mol. The molecule has 0 radical (unpaired) electrons. The van der Waals surface area contributed by atoms with Gasteiger partial charge in [-0.2, -0.15) is 5.26 Å². The number of nitrogens with zero attached hydrogens (tertiary/aromatic N) is 2. The molecule has 0 heterocycles. The van der Waals surface area contributed by atoms with Gasteiger partial charge in [0.1, 0.15) is 5.75 Å². The average Bonchev–Trinajstić information content (AvgIpc) is 2.49. The summed E-state index contributed by atoms with van der Waals surface area (Å²) in [5.74, 6) is -0.336. The summed E-state index contributed by atoms with van der Waals surface area (Å²) in [7, 11) is 1.65. The summed E-state index contributed by atoms with van der Waals surface area (Å²) in [5.41, 5.74) is 1.65. The van der Waals surface area contributed by atoms with Gasteiger partial charge in [-0.1, -0.05) is 28.1 Å². The lowest BCUT2D eigenvalue weighted by molar-refractivity contribution is 0.0782. The van der Waals surface area contributed by atoms with Crippen molar-refractivity contribution >= 4 is 21.8 Å². The summed E-state index contributed by atoms with van der Waals surface area (Å²) < 4.78 is 0.725. The van der Waals surface area contributed by atoms with E-state index in [-0.39, 0.29) is 17.2 Å². The number of hydrogen-bond donors (Lipinski definition) is 1. The van der Waals surface area contributed by atoms with Crippen LogP contribution in [0, 0.1) is 11.3 Å². The van der Waals surface area contributed by atoms with Crippen molar-refractivity contribution in [3.8, 4) is 11.8 Å². The van der Waals surface area contributed by atoms with Crippen LogP contribution in [0.15, 0.2) is 46.9 Å². The van der Waals surface area contributed by atoms with Gasteiger partial charge in [-0.05, 0) is 35.9 Å². The molecule has 2 aromatic rings. The number of hydrogen-bond acceptors (Lipinski definition) is 3. The number of amides is 1. The molecule has 106 valence electrons. The molecule has 2 rings (SSSR count). The van der Waals surface area contributed by atoms with Crippen LogP contribution in [0.5, 0.6) is 5.75 Å². The zero-order chi connectivity index (χ0) is 15.4. The second-order valence-corrected chi connectivity index (χ2v) is 5.55. The van der Waals surface area contributed by atoms with Gasteiger partial charge in [0.2, 0.25) is 0 Å². The number of carbonyl (C=O) groups excluding carboxylic acids is 1. The molecule has 0 saturated heterocycles. The molecule has 1 amide bonds. The second-order valence-electron chi connectivity index (χ2n) is 4.63. The topological polar surface area (TPSA) is 64.3 Å². The van der Waals surface area contributed by atoms with Gasteiger partial charge in [-0.3, -0.25) is 4.79 Å². The zero-order valence-corrected chi connectivity index (χ0v) is 13.0. The lowest BCUT2D eigenvalue weighted by Crippen LogP contribution is -2.26. The summed E-state index contributed by atoms with van der Waals surface area (Å²) in [5, 5.41) is 18.7. The molecule has 0 aliphatic rings. The van der Waals surface area contributed by atoms with Crippen LogP contribution in [-0.4, -0.2) is 23.0 Å². The Morgan fingerprint density at radius 3 is 2.81 bits per heavy atom. The molecule has 0 fully saturated rings. The Morgan fingerprint density at radius 2 is 2.10 bits per heavy atom. The van der Waals surface area contributed by atoms with E-state index in [1.165, 1.54) is 11.0 Å². The normalized spacial score (nSPS) is 9.95. The third-order valence-electron chi connectivity index (χ3n) is 3.01. The van der Waals surface area contributed by atoms with E-state index in [0.717, 1.165) is 10.0 Å². The maximum absolute atomic E-state index is 12.4. The largest absolute Gasteiger partial charge is 0.507 e. The summed E-state index contributed by atoms with van der Waals surface area (Å²) >= 11 is 3.28. The van der Waals surface area contributed by atoms with Crippen molar-refractivity contribution in [3.63, 3.8) is 0 Å². The third kappa shape index (κ3) is 3.61. The summed E-state index contributed by atoms with van der Waals surface area (Å²) in [6, 6.07) is 13.9. The van der Waals surface area contributed by atoms with Gasteiger partial charge in [0.05, 0.1) is 17.2 Å². The first-order valence-electron chi connectivity index (χ1n) is 6.24. The number of carbonyl (C=O) groups is 1. The van der Waals surface area contributed by atoms with Crippen molar-refractivity contribution in [2.75, 3.05) is 7.05 Å². The Balaban J connectivity index is 2.19. The van der Waals surface area contributed by atoms with E-state index in [2.05, 4.69) is 22.0 Å². The number of rotatable bonds is 3. The fourth-order valence-corrected chi connectivity index (χ4v) is 2.33. The first-order valence-corrected chi connectivity index (χ1v) is 7.03. The summed E-state index contributed by atoms with van der Waals surface area (Å²) in [4.78, 5) is 13.9. The molecule has 4 nitrogen and oxygen atoms in total. The number of phenolic OH excluding ortho intramolecular Hbond substituents is 1. The third-order valence-corrected chi connectivity index (χ3v) is 3.50. The van der Waals surface area contributed by atoms with Crippen LogP contribution >= 0.6 is 15.9 Å². The molecule has 21 heavy (non-hydrogen) atoms. The maximum Gasteiger partial charge on any atom is 0.257 e. The molecule has 2 aromatic carbocycles. The summed E-state index contributed by atoms with van der Waals surface area (Å²) in [6.45, 7) is 0.361. The van der Waals surface area contributed by atoms with Crippen molar-refractivity contribution in [1.29, 1.82) is 5.26 Å². The van der Waals surface area contributed by atoms with E-state index in [9.17, 15) is 9.90 Å². The van der Waals surface area contributed by atoms with E-state index in [1.807, 2.05) is 6.07 Å². The highest BCUT2D eigenvalue weighted by Crippen LogP contribution is 2.23.